The van der Waals surface area contributed by atoms with Crippen LogP contribution < -0.4 is 5.32 Å². The lowest BCUT2D eigenvalue weighted by molar-refractivity contribution is -0.201. The van der Waals surface area contributed by atoms with Crippen molar-refractivity contribution in [2.45, 2.75) is 44.4 Å². The highest BCUT2D eigenvalue weighted by Gasteiger charge is 2.37. The summed E-state index contributed by atoms with van der Waals surface area (Å²) in [5, 5.41) is 11.4. The second-order valence-corrected chi connectivity index (χ2v) is 4.22. The minimum absolute atomic E-state index is 0.389. The Morgan fingerprint density at radius 1 is 1.20 bits per heavy atom. The average Bonchev–Trinajstić information content (AvgIpc) is 2.18. The third-order valence-corrected chi connectivity index (χ3v) is 2.87. The molecule has 15 heavy (non-hydrogen) atoms. The lowest BCUT2D eigenvalue weighted by Crippen LogP contribution is -2.40. The van der Waals surface area contributed by atoms with Gasteiger partial charge in [0.2, 0.25) is 0 Å². The first-order valence-corrected chi connectivity index (χ1v) is 5.45. The van der Waals surface area contributed by atoms with Crippen LogP contribution in [-0.2, 0) is 0 Å². The monoisotopic (exact) mass is 225 g/mol. The largest absolute Gasteiger partial charge is 0.415 e. The molecule has 5 heteroatoms. The van der Waals surface area contributed by atoms with Gasteiger partial charge in [0.05, 0.1) is 0 Å². The topological polar surface area (TPSA) is 32.3 Å². The standard InChI is InChI=1S/C10H18F3NO/c11-10(12,13)9(15)7-14-6-8-4-2-1-3-5-8/h8-9,14-15H,1-7H2/t9-/m0/s1. The van der Waals surface area contributed by atoms with Gasteiger partial charge in [-0.1, -0.05) is 19.3 Å². The van der Waals surface area contributed by atoms with Crippen molar-refractivity contribution in [1.29, 1.82) is 0 Å². The van der Waals surface area contributed by atoms with Crippen LogP contribution in [0.4, 0.5) is 13.2 Å². The molecule has 0 unspecified atom stereocenters. The van der Waals surface area contributed by atoms with Crippen LogP contribution in [0.2, 0.25) is 0 Å². The Morgan fingerprint density at radius 3 is 2.33 bits per heavy atom. The number of hydrogen-bond donors (Lipinski definition) is 2. The molecule has 0 amide bonds. The van der Waals surface area contributed by atoms with E-state index in [1.807, 2.05) is 0 Å². The SMILES string of the molecule is O[C@@H](CNCC1CCCCC1)C(F)(F)F. The second kappa shape index (κ2) is 5.70. The summed E-state index contributed by atoms with van der Waals surface area (Å²) in [5.41, 5.74) is 0. The number of hydrogen-bond acceptors (Lipinski definition) is 2. The summed E-state index contributed by atoms with van der Waals surface area (Å²) in [6.45, 7) is 0.202. The summed E-state index contributed by atoms with van der Waals surface area (Å²) in [4.78, 5) is 0. The zero-order valence-electron chi connectivity index (χ0n) is 8.69. The third-order valence-electron chi connectivity index (χ3n) is 2.87. The fourth-order valence-electron chi connectivity index (χ4n) is 1.93. The molecule has 1 aliphatic carbocycles. The van der Waals surface area contributed by atoms with Crippen molar-refractivity contribution >= 4 is 0 Å². The lowest BCUT2D eigenvalue weighted by atomic mass is 9.89. The van der Waals surface area contributed by atoms with Gasteiger partial charge >= 0.3 is 6.18 Å². The van der Waals surface area contributed by atoms with Crippen molar-refractivity contribution in [3.05, 3.63) is 0 Å². The van der Waals surface area contributed by atoms with Gasteiger partial charge in [-0.25, -0.2) is 0 Å². The number of aliphatic hydroxyl groups is 1. The molecule has 0 aromatic carbocycles. The smallest absolute Gasteiger partial charge is 0.382 e. The first-order valence-electron chi connectivity index (χ1n) is 5.45. The maximum Gasteiger partial charge on any atom is 0.415 e. The van der Waals surface area contributed by atoms with Gasteiger partial charge in [0, 0.05) is 6.54 Å². The van der Waals surface area contributed by atoms with Crippen molar-refractivity contribution in [3.63, 3.8) is 0 Å². The van der Waals surface area contributed by atoms with E-state index in [1.165, 1.54) is 19.3 Å². The zero-order valence-corrected chi connectivity index (χ0v) is 8.69. The molecule has 0 aromatic rings. The number of aliphatic hydroxyl groups excluding tert-OH is 1. The molecule has 0 spiro atoms. The Hall–Kier alpha value is -0.290. The molecule has 0 heterocycles. The molecule has 90 valence electrons. The summed E-state index contributed by atoms with van der Waals surface area (Å²) in [6, 6.07) is 0. The van der Waals surface area contributed by atoms with E-state index in [0.717, 1.165) is 12.8 Å². The van der Waals surface area contributed by atoms with Gasteiger partial charge < -0.3 is 10.4 Å². The Bertz CT molecular complexity index is 178. The van der Waals surface area contributed by atoms with E-state index in [2.05, 4.69) is 5.32 Å². The first kappa shape index (κ1) is 12.8. The maximum absolute atomic E-state index is 11.9. The van der Waals surface area contributed by atoms with E-state index in [1.54, 1.807) is 0 Å². The molecule has 0 bridgehead atoms. The molecule has 2 nitrogen and oxygen atoms in total. The zero-order chi connectivity index (χ0) is 11.3. The van der Waals surface area contributed by atoms with E-state index in [-0.39, 0.29) is 6.54 Å². The van der Waals surface area contributed by atoms with Gasteiger partial charge in [-0.3, -0.25) is 0 Å². The highest BCUT2D eigenvalue weighted by atomic mass is 19.4. The molecule has 1 rings (SSSR count). The van der Waals surface area contributed by atoms with Gasteiger partial charge in [-0.2, -0.15) is 13.2 Å². The molecule has 0 radical (unpaired) electrons. The molecule has 1 atom stereocenters. The van der Waals surface area contributed by atoms with E-state index >= 15 is 0 Å². The van der Waals surface area contributed by atoms with Crippen LogP contribution in [0, 0.1) is 5.92 Å². The fourth-order valence-corrected chi connectivity index (χ4v) is 1.93. The van der Waals surface area contributed by atoms with E-state index in [0.29, 0.717) is 12.5 Å². The Morgan fingerprint density at radius 2 is 1.80 bits per heavy atom. The van der Waals surface area contributed by atoms with Gasteiger partial charge in [0.25, 0.3) is 0 Å². The molecule has 0 aromatic heterocycles. The summed E-state index contributed by atoms with van der Waals surface area (Å²) >= 11 is 0. The van der Waals surface area contributed by atoms with Crippen LogP contribution in [0.15, 0.2) is 0 Å². The molecular formula is C10H18F3NO. The Balaban J connectivity index is 2.10. The number of halogens is 3. The number of nitrogens with one attached hydrogen (secondary N) is 1. The van der Waals surface area contributed by atoms with Crippen LogP contribution in [0.3, 0.4) is 0 Å². The predicted octanol–water partition coefficient (Wildman–Crippen LogP) is 2.08. The fraction of sp³-hybridized carbons (Fsp3) is 1.00. The Labute approximate surface area is 87.9 Å². The van der Waals surface area contributed by atoms with Gasteiger partial charge in [0.1, 0.15) is 0 Å². The van der Waals surface area contributed by atoms with Crippen molar-refractivity contribution < 1.29 is 18.3 Å². The molecule has 1 saturated carbocycles. The molecular weight excluding hydrogens is 207 g/mol. The maximum atomic E-state index is 11.9. The predicted molar refractivity (Wildman–Crippen MR) is 51.5 cm³/mol. The molecule has 0 saturated heterocycles. The van der Waals surface area contributed by atoms with E-state index in [4.69, 9.17) is 5.11 Å². The lowest BCUT2D eigenvalue weighted by Gasteiger charge is -2.23. The van der Waals surface area contributed by atoms with E-state index < -0.39 is 12.3 Å². The van der Waals surface area contributed by atoms with Gasteiger partial charge in [0.15, 0.2) is 6.10 Å². The minimum Gasteiger partial charge on any atom is -0.382 e. The minimum atomic E-state index is -4.50. The van der Waals surface area contributed by atoms with E-state index in [9.17, 15) is 13.2 Å². The summed E-state index contributed by atoms with van der Waals surface area (Å²) in [5.74, 6) is 0.485. The third kappa shape index (κ3) is 4.84. The quantitative estimate of drug-likeness (QED) is 0.767. The first-order chi connectivity index (χ1) is 7.00. The van der Waals surface area contributed by atoms with Crippen molar-refractivity contribution in [3.8, 4) is 0 Å². The summed E-state index contributed by atoms with van der Waals surface area (Å²) in [6.07, 6.45) is -0.963. The van der Waals surface area contributed by atoms with Gasteiger partial charge in [-0.05, 0) is 25.3 Å². The van der Waals surface area contributed by atoms with Crippen LogP contribution in [-0.4, -0.2) is 30.5 Å². The van der Waals surface area contributed by atoms with Gasteiger partial charge in [-0.15, -0.1) is 0 Å². The number of rotatable bonds is 4. The van der Waals surface area contributed by atoms with Crippen molar-refractivity contribution in [2.24, 2.45) is 5.92 Å². The van der Waals surface area contributed by atoms with Crippen molar-refractivity contribution in [1.82, 2.24) is 5.32 Å². The summed E-state index contributed by atoms with van der Waals surface area (Å²) < 4.78 is 35.8. The Kier molecular flexibility index (Phi) is 4.86. The van der Waals surface area contributed by atoms with Crippen LogP contribution in [0.1, 0.15) is 32.1 Å². The molecule has 2 N–H and O–H groups in total. The molecule has 1 aliphatic rings. The van der Waals surface area contributed by atoms with Crippen LogP contribution in [0.25, 0.3) is 0 Å². The van der Waals surface area contributed by atoms with Crippen LogP contribution >= 0.6 is 0 Å². The van der Waals surface area contributed by atoms with Crippen LogP contribution in [0.5, 0.6) is 0 Å². The normalized spacial score (nSPS) is 21.6. The van der Waals surface area contributed by atoms with Crippen molar-refractivity contribution in [2.75, 3.05) is 13.1 Å². The second-order valence-electron chi connectivity index (χ2n) is 4.22. The summed E-state index contributed by atoms with van der Waals surface area (Å²) in [7, 11) is 0. The highest BCUT2D eigenvalue weighted by molar-refractivity contribution is 4.72. The molecule has 1 fully saturated rings. The highest BCUT2D eigenvalue weighted by Crippen LogP contribution is 2.23. The average molecular weight is 225 g/mol. The molecule has 0 aliphatic heterocycles. The number of alkyl halides is 3.